The summed E-state index contributed by atoms with van der Waals surface area (Å²) in [5, 5.41) is 5.86. The van der Waals surface area contributed by atoms with Crippen molar-refractivity contribution in [2.45, 2.75) is 0 Å². The predicted molar refractivity (Wildman–Crippen MR) is 70.4 cm³/mol. The first kappa shape index (κ1) is 12.9. The van der Waals surface area contributed by atoms with Gasteiger partial charge in [-0.1, -0.05) is 6.08 Å². The molecule has 0 saturated carbocycles. The maximum atomic E-state index is 13.1. The Kier molecular flexibility index (Phi) is 4.02. The zero-order valence-corrected chi connectivity index (χ0v) is 10.0. The second-order valence-corrected chi connectivity index (χ2v) is 3.71. The molecule has 0 fully saturated rings. The zero-order chi connectivity index (χ0) is 13.7. The summed E-state index contributed by atoms with van der Waals surface area (Å²) in [5.74, 6) is -0.710. The van der Waals surface area contributed by atoms with E-state index in [4.69, 9.17) is 0 Å². The second-order valence-electron chi connectivity index (χ2n) is 3.71. The number of aromatic nitrogens is 2. The second kappa shape index (κ2) is 5.90. The van der Waals surface area contributed by atoms with Gasteiger partial charge >= 0.3 is 0 Å². The Bertz CT molecular complexity index is 587. The van der Waals surface area contributed by atoms with E-state index in [2.05, 4.69) is 27.2 Å². The molecule has 98 valence electrons. The molecule has 0 aliphatic rings. The van der Waals surface area contributed by atoms with Crippen LogP contribution in [0.25, 0.3) is 0 Å². The smallest absolute Gasteiger partial charge is 0.160 e. The summed E-state index contributed by atoms with van der Waals surface area (Å²) in [5.41, 5.74) is 0.410. The van der Waals surface area contributed by atoms with Gasteiger partial charge in [-0.15, -0.1) is 6.58 Å². The molecule has 0 aliphatic carbocycles. The predicted octanol–water partition coefficient (Wildman–Crippen LogP) is 3.10. The van der Waals surface area contributed by atoms with E-state index in [0.717, 1.165) is 12.1 Å². The van der Waals surface area contributed by atoms with Crippen molar-refractivity contribution in [3.05, 3.63) is 54.9 Å². The van der Waals surface area contributed by atoms with Crippen LogP contribution in [-0.2, 0) is 0 Å². The third-order valence-corrected chi connectivity index (χ3v) is 2.29. The lowest BCUT2D eigenvalue weighted by Gasteiger charge is -2.07. The molecular formula is C13H12F2N4. The highest BCUT2D eigenvalue weighted by atomic mass is 19.2. The fraction of sp³-hybridized carbons (Fsp3) is 0.0769. The van der Waals surface area contributed by atoms with Gasteiger partial charge in [-0.05, 0) is 12.1 Å². The van der Waals surface area contributed by atoms with E-state index in [-0.39, 0.29) is 0 Å². The average Bonchev–Trinajstić information content (AvgIpc) is 2.41. The molecular weight excluding hydrogens is 250 g/mol. The molecule has 0 spiro atoms. The van der Waals surface area contributed by atoms with E-state index < -0.39 is 11.6 Å². The highest BCUT2D eigenvalue weighted by Crippen LogP contribution is 2.18. The summed E-state index contributed by atoms with van der Waals surface area (Å²) < 4.78 is 25.8. The van der Waals surface area contributed by atoms with Crippen molar-refractivity contribution >= 4 is 17.3 Å². The van der Waals surface area contributed by atoms with E-state index >= 15 is 0 Å². The van der Waals surface area contributed by atoms with Crippen LogP contribution in [0.2, 0.25) is 0 Å². The Morgan fingerprint density at radius 1 is 1.11 bits per heavy atom. The summed E-state index contributed by atoms with van der Waals surface area (Å²) in [4.78, 5) is 8.00. The Labute approximate surface area is 109 Å². The maximum Gasteiger partial charge on any atom is 0.160 e. The van der Waals surface area contributed by atoms with Crippen molar-refractivity contribution in [3.8, 4) is 0 Å². The van der Waals surface area contributed by atoms with Crippen LogP contribution in [0, 0.1) is 11.6 Å². The monoisotopic (exact) mass is 262 g/mol. The Balaban J connectivity index is 2.13. The molecule has 2 rings (SSSR count). The molecule has 0 atom stereocenters. The fourth-order valence-electron chi connectivity index (χ4n) is 1.42. The van der Waals surface area contributed by atoms with Gasteiger partial charge in [-0.25, -0.2) is 18.7 Å². The normalized spacial score (nSPS) is 10.0. The van der Waals surface area contributed by atoms with Crippen LogP contribution in [0.4, 0.5) is 26.1 Å². The SMILES string of the molecule is C=CCNc1cc(Nc2ccc(F)c(F)c2)ncn1. The fourth-order valence-corrected chi connectivity index (χ4v) is 1.42. The number of hydrogen-bond acceptors (Lipinski definition) is 4. The van der Waals surface area contributed by atoms with E-state index in [1.807, 2.05) is 0 Å². The van der Waals surface area contributed by atoms with Crippen molar-refractivity contribution < 1.29 is 8.78 Å². The Morgan fingerprint density at radius 2 is 1.89 bits per heavy atom. The molecule has 1 heterocycles. The lowest BCUT2D eigenvalue weighted by molar-refractivity contribution is 0.509. The number of benzene rings is 1. The third kappa shape index (κ3) is 3.48. The van der Waals surface area contributed by atoms with Crippen molar-refractivity contribution in [2.24, 2.45) is 0 Å². The zero-order valence-electron chi connectivity index (χ0n) is 10.0. The standard InChI is InChI=1S/C13H12F2N4/c1-2-5-16-12-7-13(18-8-17-12)19-9-3-4-10(14)11(15)6-9/h2-4,6-8H,1,5H2,(H2,16,17,18,19). The molecule has 0 unspecified atom stereocenters. The summed E-state index contributed by atoms with van der Waals surface area (Å²) in [7, 11) is 0. The number of anilines is 3. The van der Waals surface area contributed by atoms with E-state index in [9.17, 15) is 8.78 Å². The van der Waals surface area contributed by atoms with Crippen LogP contribution in [0.15, 0.2) is 43.2 Å². The minimum Gasteiger partial charge on any atom is -0.366 e. The molecule has 2 aromatic rings. The molecule has 2 N–H and O–H groups in total. The number of nitrogens with zero attached hydrogens (tertiary/aromatic N) is 2. The topological polar surface area (TPSA) is 49.8 Å². The first-order chi connectivity index (χ1) is 9.19. The Hall–Kier alpha value is -2.50. The summed E-state index contributed by atoms with van der Waals surface area (Å²) in [6.07, 6.45) is 3.07. The van der Waals surface area contributed by atoms with Gasteiger partial charge in [0.2, 0.25) is 0 Å². The summed E-state index contributed by atoms with van der Waals surface area (Å²) >= 11 is 0. The van der Waals surface area contributed by atoms with Crippen molar-refractivity contribution in [1.29, 1.82) is 0 Å². The lowest BCUT2D eigenvalue weighted by atomic mass is 10.3. The summed E-state index contributed by atoms with van der Waals surface area (Å²) in [6, 6.07) is 5.20. The van der Waals surface area contributed by atoms with Gasteiger partial charge in [0.05, 0.1) is 0 Å². The molecule has 0 amide bonds. The van der Waals surface area contributed by atoms with Crippen LogP contribution in [-0.4, -0.2) is 16.5 Å². The van der Waals surface area contributed by atoms with Crippen molar-refractivity contribution in [3.63, 3.8) is 0 Å². The van der Waals surface area contributed by atoms with Crippen molar-refractivity contribution in [2.75, 3.05) is 17.2 Å². The summed E-state index contributed by atoms with van der Waals surface area (Å²) in [6.45, 7) is 4.16. The Morgan fingerprint density at radius 3 is 2.63 bits per heavy atom. The molecule has 19 heavy (non-hydrogen) atoms. The van der Waals surface area contributed by atoms with Gasteiger partial charge in [-0.3, -0.25) is 0 Å². The van der Waals surface area contributed by atoms with Gasteiger partial charge in [0.15, 0.2) is 11.6 Å². The van der Waals surface area contributed by atoms with E-state index in [1.165, 1.54) is 12.4 Å². The van der Waals surface area contributed by atoms with Crippen LogP contribution < -0.4 is 10.6 Å². The van der Waals surface area contributed by atoms with Gasteiger partial charge < -0.3 is 10.6 Å². The van der Waals surface area contributed by atoms with Gasteiger partial charge in [0, 0.05) is 24.4 Å². The molecule has 0 bridgehead atoms. The molecule has 1 aromatic heterocycles. The first-order valence-electron chi connectivity index (χ1n) is 5.58. The molecule has 0 aliphatic heterocycles. The average molecular weight is 262 g/mol. The number of hydrogen-bond donors (Lipinski definition) is 2. The number of rotatable bonds is 5. The quantitative estimate of drug-likeness (QED) is 0.813. The molecule has 4 nitrogen and oxygen atoms in total. The third-order valence-electron chi connectivity index (χ3n) is 2.29. The molecule has 0 radical (unpaired) electrons. The minimum absolute atomic E-state index is 0.410. The minimum atomic E-state index is -0.913. The van der Waals surface area contributed by atoms with Crippen LogP contribution >= 0.6 is 0 Å². The first-order valence-corrected chi connectivity index (χ1v) is 5.58. The number of halogens is 2. The van der Waals surface area contributed by atoms with Gasteiger partial charge in [-0.2, -0.15) is 0 Å². The number of nitrogens with one attached hydrogen (secondary N) is 2. The van der Waals surface area contributed by atoms with E-state index in [1.54, 1.807) is 12.1 Å². The maximum absolute atomic E-state index is 13.1. The van der Waals surface area contributed by atoms with Gasteiger partial charge in [0.1, 0.15) is 18.0 Å². The van der Waals surface area contributed by atoms with E-state index in [0.29, 0.717) is 23.9 Å². The van der Waals surface area contributed by atoms with Crippen molar-refractivity contribution in [1.82, 2.24) is 9.97 Å². The largest absolute Gasteiger partial charge is 0.366 e. The van der Waals surface area contributed by atoms with Gasteiger partial charge in [0.25, 0.3) is 0 Å². The lowest BCUT2D eigenvalue weighted by Crippen LogP contribution is -2.02. The van der Waals surface area contributed by atoms with Crippen LogP contribution in [0.3, 0.4) is 0 Å². The highest BCUT2D eigenvalue weighted by molar-refractivity contribution is 5.58. The molecule has 6 heteroatoms. The highest BCUT2D eigenvalue weighted by Gasteiger charge is 2.04. The van der Waals surface area contributed by atoms with Crippen LogP contribution in [0.1, 0.15) is 0 Å². The molecule has 1 aromatic carbocycles. The van der Waals surface area contributed by atoms with Crippen LogP contribution in [0.5, 0.6) is 0 Å². The molecule has 0 saturated heterocycles.